The van der Waals surface area contributed by atoms with Gasteiger partial charge in [0.15, 0.2) is 0 Å². The van der Waals surface area contributed by atoms with Gasteiger partial charge in [-0.1, -0.05) is 0 Å². The third-order valence-electron chi connectivity index (χ3n) is 3.01. The molecule has 1 aliphatic rings. The zero-order chi connectivity index (χ0) is 14.0. The number of carbonyl (C=O) groups is 1. The van der Waals surface area contributed by atoms with Crippen molar-refractivity contribution in [2.45, 2.75) is 12.8 Å². The average molecular weight is 285 g/mol. The van der Waals surface area contributed by atoms with Crippen LogP contribution < -0.4 is 4.31 Å². The summed E-state index contributed by atoms with van der Waals surface area (Å²) < 4.78 is 28.3. The molecule has 19 heavy (non-hydrogen) atoms. The number of rotatable bonds is 5. The molecule has 0 amide bonds. The molecule has 0 bridgehead atoms. The Morgan fingerprint density at radius 2 is 2.16 bits per heavy atom. The summed E-state index contributed by atoms with van der Waals surface area (Å²) in [6, 6.07) is 4.09. The number of methoxy groups -OCH3 is 1. The summed E-state index contributed by atoms with van der Waals surface area (Å²) in [4.78, 5) is 11.5. The topological polar surface area (TPSA) is 83.9 Å². The van der Waals surface area contributed by atoms with Crippen LogP contribution in [0.1, 0.15) is 23.2 Å². The zero-order valence-corrected chi connectivity index (χ0v) is 11.3. The standard InChI is InChI=1S/C12H15NO5S/c1-18-12(15)10-6-9(4-5-11(10)14)13(19(16)17)7-8-2-3-8/h4-6,8,14,19H,2-3,7H2,1H3. The molecule has 0 heterocycles. The highest BCUT2D eigenvalue weighted by Crippen LogP contribution is 2.32. The van der Waals surface area contributed by atoms with Crippen molar-refractivity contribution in [2.24, 2.45) is 5.92 Å². The molecular weight excluding hydrogens is 270 g/mol. The van der Waals surface area contributed by atoms with E-state index in [1.54, 1.807) is 0 Å². The molecule has 6 nitrogen and oxygen atoms in total. The van der Waals surface area contributed by atoms with E-state index in [0.717, 1.165) is 12.8 Å². The molecule has 0 saturated heterocycles. The van der Waals surface area contributed by atoms with Crippen molar-refractivity contribution in [3.05, 3.63) is 23.8 Å². The third-order valence-corrected chi connectivity index (χ3v) is 3.80. The van der Waals surface area contributed by atoms with Gasteiger partial charge in [0.1, 0.15) is 11.3 Å². The maximum atomic E-state index is 11.5. The van der Waals surface area contributed by atoms with Gasteiger partial charge in [-0.3, -0.25) is 4.31 Å². The fourth-order valence-electron chi connectivity index (χ4n) is 1.77. The molecule has 1 fully saturated rings. The molecule has 1 aromatic rings. The summed E-state index contributed by atoms with van der Waals surface area (Å²) in [5.74, 6) is -0.557. The quantitative estimate of drug-likeness (QED) is 0.621. The first kappa shape index (κ1) is 13.7. The second kappa shape index (κ2) is 5.48. The maximum absolute atomic E-state index is 11.5. The van der Waals surface area contributed by atoms with Crippen LogP contribution in [0.2, 0.25) is 0 Å². The smallest absolute Gasteiger partial charge is 0.341 e. The van der Waals surface area contributed by atoms with Gasteiger partial charge in [0.25, 0.3) is 0 Å². The molecule has 0 aliphatic heterocycles. The van der Waals surface area contributed by atoms with Crippen molar-refractivity contribution in [1.29, 1.82) is 0 Å². The van der Waals surface area contributed by atoms with E-state index in [1.807, 2.05) is 0 Å². The molecule has 0 aromatic heterocycles. The number of nitrogens with zero attached hydrogens (tertiary/aromatic N) is 1. The number of benzene rings is 1. The molecule has 2 rings (SSSR count). The monoisotopic (exact) mass is 285 g/mol. The summed E-state index contributed by atoms with van der Waals surface area (Å²) >= 11 is 0. The van der Waals surface area contributed by atoms with E-state index in [2.05, 4.69) is 4.74 Å². The van der Waals surface area contributed by atoms with Gasteiger partial charge in [0.2, 0.25) is 10.9 Å². The highest BCUT2D eigenvalue weighted by atomic mass is 32.2. The molecule has 0 spiro atoms. The van der Waals surface area contributed by atoms with Crippen LogP contribution in [0.25, 0.3) is 0 Å². The predicted molar refractivity (Wildman–Crippen MR) is 69.8 cm³/mol. The van der Waals surface area contributed by atoms with Crippen molar-refractivity contribution in [1.82, 2.24) is 0 Å². The zero-order valence-electron chi connectivity index (χ0n) is 10.4. The van der Waals surface area contributed by atoms with Crippen molar-refractivity contribution in [3.8, 4) is 5.75 Å². The Kier molecular flexibility index (Phi) is 3.94. The predicted octanol–water partition coefficient (Wildman–Crippen LogP) is 0.922. The van der Waals surface area contributed by atoms with Crippen LogP contribution in [0.4, 0.5) is 5.69 Å². The van der Waals surface area contributed by atoms with Gasteiger partial charge < -0.3 is 9.84 Å². The number of hydrogen-bond acceptors (Lipinski definition) is 5. The fourth-order valence-corrected chi connectivity index (χ4v) is 2.45. The van der Waals surface area contributed by atoms with Crippen LogP contribution in [-0.2, 0) is 15.6 Å². The van der Waals surface area contributed by atoms with Crippen LogP contribution in [0.3, 0.4) is 0 Å². The van der Waals surface area contributed by atoms with Gasteiger partial charge in [-0.15, -0.1) is 0 Å². The molecule has 1 N–H and O–H groups in total. The number of carbonyl (C=O) groups excluding carboxylic acids is 1. The Labute approximate surface area is 112 Å². The first-order chi connectivity index (χ1) is 9.02. The van der Waals surface area contributed by atoms with Crippen LogP contribution >= 0.6 is 0 Å². The van der Waals surface area contributed by atoms with Crippen molar-refractivity contribution < 1.29 is 23.1 Å². The number of phenols is 1. The van der Waals surface area contributed by atoms with E-state index in [0.29, 0.717) is 18.2 Å². The summed E-state index contributed by atoms with van der Waals surface area (Å²) in [6.07, 6.45) is 2.03. The molecular formula is C12H15NO5S. The number of hydrogen-bond donors (Lipinski definition) is 2. The lowest BCUT2D eigenvalue weighted by atomic mass is 10.1. The van der Waals surface area contributed by atoms with E-state index < -0.39 is 16.9 Å². The lowest BCUT2D eigenvalue weighted by Gasteiger charge is -2.18. The lowest BCUT2D eigenvalue weighted by molar-refractivity contribution is 0.0597. The molecule has 1 aromatic carbocycles. The first-order valence-corrected chi connectivity index (χ1v) is 6.99. The number of esters is 1. The first-order valence-electron chi connectivity index (χ1n) is 5.86. The van der Waals surface area contributed by atoms with Gasteiger partial charge in [-0.05, 0) is 37.0 Å². The number of ether oxygens (including phenoxy) is 1. The normalized spacial score (nSPS) is 14.4. The van der Waals surface area contributed by atoms with Crippen LogP contribution in [0, 0.1) is 5.92 Å². The summed E-state index contributed by atoms with van der Waals surface area (Å²) in [5, 5.41) is 9.58. The van der Waals surface area contributed by atoms with Gasteiger partial charge >= 0.3 is 5.97 Å². The number of aromatic hydroxyl groups is 1. The Bertz CT molecular complexity index is 557. The Morgan fingerprint density at radius 1 is 1.47 bits per heavy atom. The van der Waals surface area contributed by atoms with Crippen molar-refractivity contribution in [2.75, 3.05) is 18.0 Å². The molecule has 7 heteroatoms. The van der Waals surface area contributed by atoms with E-state index in [4.69, 9.17) is 0 Å². The van der Waals surface area contributed by atoms with E-state index in [-0.39, 0.29) is 11.3 Å². The molecule has 0 atom stereocenters. The van der Waals surface area contributed by atoms with E-state index >= 15 is 0 Å². The van der Waals surface area contributed by atoms with Gasteiger partial charge in [0.05, 0.1) is 12.8 Å². The van der Waals surface area contributed by atoms with Gasteiger partial charge in [0, 0.05) is 6.54 Å². The van der Waals surface area contributed by atoms with Crippen LogP contribution in [-0.4, -0.2) is 33.1 Å². The van der Waals surface area contributed by atoms with Crippen LogP contribution in [0.5, 0.6) is 5.75 Å². The SMILES string of the molecule is COC(=O)c1cc(N(CC2CC2)[SH](=O)=O)ccc1O. The molecule has 0 unspecified atom stereocenters. The number of anilines is 1. The van der Waals surface area contributed by atoms with E-state index in [9.17, 15) is 18.3 Å². The van der Waals surface area contributed by atoms with Crippen LogP contribution in [0.15, 0.2) is 18.2 Å². The summed E-state index contributed by atoms with van der Waals surface area (Å²) in [7, 11) is -1.58. The van der Waals surface area contributed by atoms with E-state index in [1.165, 1.54) is 29.6 Å². The minimum absolute atomic E-state index is 0.0438. The Morgan fingerprint density at radius 3 is 2.68 bits per heavy atom. The lowest BCUT2D eigenvalue weighted by Crippen LogP contribution is -2.24. The minimum Gasteiger partial charge on any atom is -0.507 e. The largest absolute Gasteiger partial charge is 0.507 e. The molecule has 1 saturated carbocycles. The van der Waals surface area contributed by atoms with Crippen molar-refractivity contribution >= 4 is 22.5 Å². The Balaban J connectivity index is 2.33. The number of thiol groups is 1. The van der Waals surface area contributed by atoms with Crippen molar-refractivity contribution in [3.63, 3.8) is 0 Å². The third kappa shape index (κ3) is 3.17. The summed E-state index contributed by atoms with van der Waals surface area (Å²) in [5.41, 5.74) is 0.318. The molecule has 1 aliphatic carbocycles. The second-order valence-corrected chi connectivity index (χ2v) is 5.41. The summed E-state index contributed by atoms with van der Waals surface area (Å²) in [6.45, 7) is 0.407. The second-order valence-electron chi connectivity index (χ2n) is 4.46. The highest BCUT2D eigenvalue weighted by molar-refractivity contribution is 7.74. The fraction of sp³-hybridized carbons (Fsp3) is 0.417. The number of phenolic OH excluding ortho intramolecular Hbond substituents is 1. The molecule has 104 valence electrons. The molecule has 0 radical (unpaired) electrons. The Hall–Kier alpha value is -1.76. The highest BCUT2D eigenvalue weighted by Gasteiger charge is 2.26. The maximum Gasteiger partial charge on any atom is 0.341 e. The average Bonchev–Trinajstić information content (AvgIpc) is 3.19. The van der Waals surface area contributed by atoms with Gasteiger partial charge in [-0.2, -0.15) is 0 Å². The minimum atomic E-state index is -2.78. The van der Waals surface area contributed by atoms with Gasteiger partial charge in [-0.25, -0.2) is 13.2 Å².